The summed E-state index contributed by atoms with van der Waals surface area (Å²) >= 11 is 3.35. The van der Waals surface area contributed by atoms with Crippen molar-refractivity contribution in [1.29, 1.82) is 0 Å². The molecule has 1 aromatic heterocycles. The Kier molecular flexibility index (Phi) is 2.84. The number of nitro groups is 1. The molecule has 0 amide bonds. The van der Waals surface area contributed by atoms with Crippen molar-refractivity contribution in [2.75, 3.05) is 5.73 Å². The minimum Gasteiger partial charge on any atom is -0.378 e. The molecule has 0 saturated heterocycles. The Bertz CT molecular complexity index is 594. The molecule has 2 N–H and O–H groups in total. The molecule has 1 heterocycles. The zero-order valence-corrected chi connectivity index (χ0v) is 10.5. The van der Waals surface area contributed by atoms with Crippen LogP contribution in [0.5, 0.6) is 0 Å². The standard InChI is InChI=1S/C10H9BrN4O2/c1-6-4-7(11)2-3-8(6)14-10(12)9(5-13-14)15(16)17/h2-5H,12H2,1H3. The minimum atomic E-state index is -0.549. The molecule has 17 heavy (non-hydrogen) atoms. The zero-order valence-electron chi connectivity index (χ0n) is 8.92. The molecule has 1 aromatic carbocycles. The molecule has 0 radical (unpaired) electrons. The van der Waals surface area contributed by atoms with Crippen LogP contribution in [0.3, 0.4) is 0 Å². The van der Waals surface area contributed by atoms with Crippen LogP contribution in [0.15, 0.2) is 28.9 Å². The third-order valence-corrected chi connectivity index (χ3v) is 2.86. The molecule has 0 bridgehead atoms. The van der Waals surface area contributed by atoms with Gasteiger partial charge in [0, 0.05) is 4.47 Å². The zero-order chi connectivity index (χ0) is 12.6. The van der Waals surface area contributed by atoms with Gasteiger partial charge in [0.25, 0.3) is 0 Å². The Balaban J connectivity index is 2.57. The number of nitrogens with zero attached hydrogens (tertiary/aromatic N) is 3. The molecule has 88 valence electrons. The Labute approximate surface area is 105 Å². The highest BCUT2D eigenvalue weighted by Crippen LogP contribution is 2.26. The monoisotopic (exact) mass is 296 g/mol. The molecule has 0 fully saturated rings. The molecule has 0 aliphatic rings. The van der Waals surface area contributed by atoms with Gasteiger partial charge in [-0.05, 0) is 30.7 Å². The first-order valence-corrected chi connectivity index (χ1v) is 5.54. The van der Waals surface area contributed by atoms with Crippen molar-refractivity contribution in [1.82, 2.24) is 9.78 Å². The van der Waals surface area contributed by atoms with Gasteiger partial charge >= 0.3 is 5.69 Å². The number of nitrogens with two attached hydrogens (primary N) is 1. The molecule has 0 atom stereocenters. The summed E-state index contributed by atoms with van der Waals surface area (Å²) in [7, 11) is 0. The van der Waals surface area contributed by atoms with Gasteiger partial charge in [-0.25, -0.2) is 4.68 Å². The first-order valence-electron chi connectivity index (χ1n) is 4.75. The van der Waals surface area contributed by atoms with Crippen LogP contribution < -0.4 is 5.73 Å². The van der Waals surface area contributed by atoms with E-state index in [0.29, 0.717) is 0 Å². The number of halogens is 1. The summed E-state index contributed by atoms with van der Waals surface area (Å²) in [6.07, 6.45) is 1.15. The van der Waals surface area contributed by atoms with E-state index in [-0.39, 0.29) is 11.5 Å². The summed E-state index contributed by atoms with van der Waals surface area (Å²) in [4.78, 5) is 10.1. The van der Waals surface area contributed by atoms with Crippen LogP contribution in [-0.2, 0) is 0 Å². The molecule has 7 heteroatoms. The van der Waals surface area contributed by atoms with Gasteiger partial charge in [0.1, 0.15) is 6.20 Å². The fraction of sp³-hybridized carbons (Fsp3) is 0.100. The average molecular weight is 297 g/mol. The molecule has 0 unspecified atom stereocenters. The van der Waals surface area contributed by atoms with E-state index in [1.54, 1.807) is 6.07 Å². The number of aryl methyl sites for hydroxylation is 1. The van der Waals surface area contributed by atoms with Crippen molar-refractivity contribution >= 4 is 27.4 Å². The van der Waals surface area contributed by atoms with E-state index >= 15 is 0 Å². The van der Waals surface area contributed by atoms with Crippen LogP contribution in [0.2, 0.25) is 0 Å². The maximum Gasteiger partial charge on any atom is 0.331 e. The van der Waals surface area contributed by atoms with E-state index in [1.807, 2.05) is 19.1 Å². The minimum absolute atomic E-state index is 0.0282. The van der Waals surface area contributed by atoms with Crippen LogP contribution in [0.25, 0.3) is 5.69 Å². The van der Waals surface area contributed by atoms with Crippen molar-refractivity contribution in [2.45, 2.75) is 6.92 Å². The summed E-state index contributed by atoms with van der Waals surface area (Å²) in [5.41, 5.74) is 7.14. The number of rotatable bonds is 2. The van der Waals surface area contributed by atoms with Crippen molar-refractivity contribution in [3.8, 4) is 5.69 Å². The van der Waals surface area contributed by atoms with Crippen molar-refractivity contribution in [3.05, 3.63) is 44.5 Å². The molecule has 0 aliphatic carbocycles. The molecular weight excluding hydrogens is 288 g/mol. The van der Waals surface area contributed by atoms with Gasteiger partial charge < -0.3 is 5.73 Å². The topological polar surface area (TPSA) is 87.0 Å². The molecule has 2 rings (SSSR count). The van der Waals surface area contributed by atoms with Crippen LogP contribution >= 0.6 is 15.9 Å². The number of nitrogen functional groups attached to an aromatic ring is 1. The lowest BCUT2D eigenvalue weighted by atomic mass is 10.2. The van der Waals surface area contributed by atoms with Crippen LogP contribution in [0, 0.1) is 17.0 Å². The number of hydrogen-bond acceptors (Lipinski definition) is 4. The molecule has 0 saturated carbocycles. The molecule has 2 aromatic rings. The summed E-state index contributed by atoms with van der Waals surface area (Å²) in [5, 5.41) is 14.6. The Hall–Kier alpha value is -1.89. The van der Waals surface area contributed by atoms with E-state index in [4.69, 9.17) is 5.73 Å². The van der Waals surface area contributed by atoms with E-state index in [2.05, 4.69) is 21.0 Å². The van der Waals surface area contributed by atoms with Gasteiger partial charge in [-0.1, -0.05) is 15.9 Å². The Morgan fingerprint density at radius 1 is 1.53 bits per heavy atom. The molecular formula is C10H9BrN4O2. The van der Waals surface area contributed by atoms with Gasteiger partial charge in [0.15, 0.2) is 0 Å². The molecule has 0 aliphatic heterocycles. The molecule has 0 spiro atoms. The fourth-order valence-electron chi connectivity index (χ4n) is 1.54. The summed E-state index contributed by atoms with van der Waals surface area (Å²) in [6, 6.07) is 5.52. The predicted molar refractivity (Wildman–Crippen MR) is 67.1 cm³/mol. The SMILES string of the molecule is Cc1cc(Br)ccc1-n1ncc([N+](=O)[O-])c1N. The lowest BCUT2D eigenvalue weighted by molar-refractivity contribution is -0.383. The van der Waals surface area contributed by atoms with Crippen LogP contribution in [-0.4, -0.2) is 14.7 Å². The highest BCUT2D eigenvalue weighted by atomic mass is 79.9. The smallest absolute Gasteiger partial charge is 0.331 e. The summed E-state index contributed by atoms with van der Waals surface area (Å²) in [6.45, 7) is 1.88. The van der Waals surface area contributed by atoms with Crippen LogP contribution in [0.1, 0.15) is 5.56 Å². The van der Waals surface area contributed by atoms with E-state index in [9.17, 15) is 10.1 Å². The van der Waals surface area contributed by atoms with E-state index in [0.717, 1.165) is 21.9 Å². The van der Waals surface area contributed by atoms with E-state index < -0.39 is 4.92 Å². The van der Waals surface area contributed by atoms with Gasteiger partial charge in [-0.2, -0.15) is 5.10 Å². The lowest BCUT2D eigenvalue weighted by Gasteiger charge is -2.07. The lowest BCUT2D eigenvalue weighted by Crippen LogP contribution is -2.04. The predicted octanol–water partition coefficient (Wildman–Crippen LogP) is 2.43. The highest BCUT2D eigenvalue weighted by molar-refractivity contribution is 9.10. The molecule has 6 nitrogen and oxygen atoms in total. The normalized spacial score (nSPS) is 10.5. The number of anilines is 1. The maximum absolute atomic E-state index is 10.7. The second-order valence-corrected chi connectivity index (χ2v) is 4.43. The third-order valence-electron chi connectivity index (χ3n) is 2.37. The average Bonchev–Trinajstić information content (AvgIpc) is 2.60. The van der Waals surface area contributed by atoms with Crippen molar-refractivity contribution in [3.63, 3.8) is 0 Å². The first kappa shape index (κ1) is 11.6. The van der Waals surface area contributed by atoms with Gasteiger partial charge in [-0.15, -0.1) is 0 Å². The second kappa shape index (κ2) is 4.17. The number of benzene rings is 1. The van der Waals surface area contributed by atoms with E-state index in [1.165, 1.54) is 4.68 Å². The van der Waals surface area contributed by atoms with Crippen molar-refractivity contribution < 1.29 is 4.92 Å². The summed E-state index contributed by atoms with van der Waals surface area (Å²) < 4.78 is 2.29. The summed E-state index contributed by atoms with van der Waals surface area (Å²) in [5.74, 6) is 0.0282. The third kappa shape index (κ3) is 2.01. The highest BCUT2D eigenvalue weighted by Gasteiger charge is 2.19. The van der Waals surface area contributed by atoms with Gasteiger partial charge in [-0.3, -0.25) is 10.1 Å². The maximum atomic E-state index is 10.7. The van der Waals surface area contributed by atoms with Gasteiger partial charge in [0.05, 0.1) is 10.6 Å². The largest absolute Gasteiger partial charge is 0.378 e. The second-order valence-electron chi connectivity index (χ2n) is 3.51. The first-order chi connectivity index (χ1) is 8.00. The Morgan fingerprint density at radius 3 is 2.76 bits per heavy atom. The number of hydrogen-bond donors (Lipinski definition) is 1. The van der Waals surface area contributed by atoms with Crippen molar-refractivity contribution in [2.24, 2.45) is 0 Å². The number of aromatic nitrogens is 2. The quantitative estimate of drug-likeness (QED) is 0.681. The Morgan fingerprint density at radius 2 is 2.24 bits per heavy atom. The fourth-order valence-corrected chi connectivity index (χ4v) is 2.01. The van der Waals surface area contributed by atoms with Gasteiger partial charge in [0.2, 0.25) is 5.82 Å². The van der Waals surface area contributed by atoms with Crippen LogP contribution in [0.4, 0.5) is 11.5 Å².